The second-order valence-corrected chi connectivity index (χ2v) is 4.26. The van der Waals surface area contributed by atoms with Gasteiger partial charge in [-0.2, -0.15) is 0 Å². The van der Waals surface area contributed by atoms with Crippen molar-refractivity contribution in [2.75, 3.05) is 0 Å². The molecule has 0 unspecified atom stereocenters. The molecule has 76 valence electrons. The zero-order chi connectivity index (χ0) is 10.9. The van der Waals surface area contributed by atoms with Crippen LogP contribution in [0.3, 0.4) is 0 Å². The number of carbonyl (C=O) groups excluding carboxylic acids is 1. The molecule has 1 heterocycles. The minimum Gasteiger partial charge on any atom is -0.366 e. The zero-order valence-electron chi connectivity index (χ0n) is 6.60. The van der Waals surface area contributed by atoms with Crippen LogP contribution in [0, 0.1) is 3.57 Å². The van der Waals surface area contributed by atoms with Crippen molar-refractivity contribution in [3.05, 3.63) is 25.5 Å². The molecule has 1 aromatic heterocycles. The second-order valence-electron chi connectivity index (χ2n) is 2.35. The molecule has 1 rings (SSSR count). The van der Waals surface area contributed by atoms with Gasteiger partial charge in [0.15, 0.2) is 0 Å². The Balaban J connectivity index is 3.50. The summed E-state index contributed by atoms with van der Waals surface area (Å²) in [6.45, 7) is 0. The summed E-state index contributed by atoms with van der Waals surface area (Å²) >= 11 is 4.58. The molecule has 0 aliphatic carbocycles. The van der Waals surface area contributed by atoms with E-state index in [1.165, 1.54) is 6.20 Å². The van der Waals surface area contributed by atoms with Gasteiger partial charge in [-0.1, -0.05) is 0 Å². The molecule has 3 nitrogen and oxygen atoms in total. The molecular weight excluding hydrogens is 373 g/mol. The van der Waals surface area contributed by atoms with Crippen LogP contribution in [-0.2, 0) is 0 Å². The Bertz CT molecular complexity index is 386. The maximum atomic E-state index is 12.5. The molecule has 1 amide bonds. The van der Waals surface area contributed by atoms with Crippen molar-refractivity contribution in [1.29, 1.82) is 0 Å². The molecule has 0 atom stereocenters. The Morgan fingerprint density at radius 1 is 1.64 bits per heavy atom. The Morgan fingerprint density at radius 2 is 2.21 bits per heavy atom. The maximum absolute atomic E-state index is 12.5. The van der Waals surface area contributed by atoms with Crippen molar-refractivity contribution < 1.29 is 13.6 Å². The van der Waals surface area contributed by atoms with E-state index in [0.717, 1.165) is 0 Å². The lowest BCUT2D eigenvalue weighted by Crippen LogP contribution is -2.17. The van der Waals surface area contributed by atoms with Gasteiger partial charge >= 0.3 is 0 Å². The highest BCUT2D eigenvalue weighted by molar-refractivity contribution is 14.1. The zero-order valence-corrected chi connectivity index (χ0v) is 10.3. The first-order chi connectivity index (χ1) is 6.45. The van der Waals surface area contributed by atoms with Crippen LogP contribution in [0.5, 0.6) is 0 Å². The van der Waals surface area contributed by atoms with Crippen LogP contribution in [-0.4, -0.2) is 10.9 Å². The Kier molecular flexibility index (Phi) is 3.76. The summed E-state index contributed by atoms with van der Waals surface area (Å²) in [5.41, 5.74) is 4.36. The fourth-order valence-electron chi connectivity index (χ4n) is 0.929. The minimum absolute atomic E-state index is 0.0540. The van der Waals surface area contributed by atoms with E-state index in [1.54, 1.807) is 22.6 Å². The lowest BCUT2D eigenvalue weighted by Gasteiger charge is -2.08. The number of rotatable bonds is 2. The number of nitrogens with two attached hydrogens (primary N) is 1. The summed E-state index contributed by atoms with van der Waals surface area (Å²) in [4.78, 5) is 14.6. The Hall–Kier alpha value is -0.310. The highest BCUT2D eigenvalue weighted by Gasteiger charge is 2.23. The van der Waals surface area contributed by atoms with Crippen LogP contribution in [0.2, 0.25) is 0 Å². The molecule has 0 bridgehead atoms. The average molecular weight is 377 g/mol. The van der Waals surface area contributed by atoms with Gasteiger partial charge in [-0.25, -0.2) is 13.8 Å². The first-order valence-corrected chi connectivity index (χ1v) is 5.24. The topological polar surface area (TPSA) is 56.0 Å². The first kappa shape index (κ1) is 11.8. The minimum atomic E-state index is -2.78. The van der Waals surface area contributed by atoms with Gasteiger partial charge in [0.2, 0.25) is 5.91 Å². The smallest absolute Gasteiger partial charge is 0.267 e. The molecule has 2 N–H and O–H groups in total. The number of carbonyl (C=O) groups is 1. The van der Waals surface area contributed by atoms with Gasteiger partial charge in [-0.05, 0) is 38.5 Å². The third-order valence-electron chi connectivity index (χ3n) is 1.49. The number of alkyl halides is 2. The summed E-state index contributed by atoms with van der Waals surface area (Å²) in [6, 6.07) is 0. The number of primary amides is 1. The van der Waals surface area contributed by atoms with Crippen LogP contribution in [0.15, 0.2) is 10.8 Å². The van der Waals surface area contributed by atoms with Gasteiger partial charge in [-0.15, -0.1) is 0 Å². The van der Waals surface area contributed by atoms with Crippen molar-refractivity contribution in [3.63, 3.8) is 0 Å². The van der Waals surface area contributed by atoms with Gasteiger partial charge in [0.25, 0.3) is 6.43 Å². The quantitative estimate of drug-likeness (QED) is 0.636. The number of pyridine rings is 1. The lowest BCUT2D eigenvalue weighted by molar-refractivity contribution is 0.0984. The highest BCUT2D eigenvalue weighted by atomic mass is 127. The average Bonchev–Trinajstić information content (AvgIpc) is 2.07. The van der Waals surface area contributed by atoms with Gasteiger partial charge in [0, 0.05) is 9.77 Å². The van der Waals surface area contributed by atoms with Gasteiger partial charge in [0.05, 0.1) is 11.1 Å². The van der Waals surface area contributed by atoms with Gasteiger partial charge in [0.1, 0.15) is 4.60 Å². The molecule has 1 aromatic rings. The van der Waals surface area contributed by atoms with Crippen molar-refractivity contribution >= 4 is 44.4 Å². The van der Waals surface area contributed by atoms with Crippen molar-refractivity contribution in [1.82, 2.24) is 4.98 Å². The fraction of sp³-hybridized carbons (Fsp3) is 0.143. The number of hydrogen-bond acceptors (Lipinski definition) is 2. The summed E-state index contributed by atoms with van der Waals surface area (Å²) in [7, 11) is 0. The van der Waals surface area contributed by atoms with Crippen molar-refractivity contribution in [2.24, 2.45) is 5.73 Å². The largest absolute Gasteiger partial charge is 0.366 e. The lowest BCUT2D eigenvalue weighted by atomic mass is 10.1. The molecule has 7 heteroatoms. The van der Waals surface area contributed by atoms with Crippen LogP contribution < -0.4 is 5.73 Å². The second kappa shape index (κ2) is 4.47. The van der Waals surface area contributed by atoms with E-state index < -0.39 is 17.9 Å². The molecule has 0 fully saturated rings. The van der Waals surface area contributed by atoms with E-state index in [1.807, 2.05) is 0 Å². The van der Waals surface area contributed by atoms with E-state index in [2.05, 4.69) is 20.9 Å². The van der Waals surface area contributed by atoms with Crippen molar-refractivity contribution in [3.8, 4) is 0 Å². The summed E-state index contributed by atoms with van der Waals surface area (Å²) in [5.74, 6) is -0.882. The fourth-order valence-corrected chi connectivity index (χ4v) is 2.10. The number of aromatic nitrogens is 1. The normalized spacial score (nSPS) is 10.6. The molecular formula is C7H4BrF2IN2O. The molecule has 0 spiro atoms. The van der Waals surface area contributed by atoms with E-state index in [9.17, 15) is 13.6 Å². The van der Waals surface area contributed by atoms with Crippen LogP contribution in [0.1, 0.15) is 22.3 Å². The summed E-state index contributed by atoms with van der Waals surface area (Å²) < 4.78 is 25.4. The maximum Gasteiger partial charge on any atom is 0.267 e. The van der Waals surface area contributed by atoms with E-state index in [4.69, 9.17) is 5.73 Å². The molecule has 0 saturated heterocycles. The molecule has 0 radical (unpaired) electrons. The van der Waals surface area contributed by atoms with Crippen LogP contribution in [0.4, 0.5) is 8.78 Å². The number of halogens is 4. The monoisotopic (exact) mass is 376 g/mol. The molecule has 0 saturated carbocycles. The first-order valence-electron chi connectivity index (χ1n) is 3.37. The van der Waals surface area contributed by atoms with Crippen LogP contribution >= 0.6 is 38.5 Å². The predicted molar refractivity (Wildman–Crippen MR) is 58.1 cm³/mol. The highest BCUT2D eigenvalue weighted by Crippen LogP contribution is 2.31. The number of hydrogen-bond donors (Lipinski definition) is 1. The van der Waals surface area contributed by atoms with E-state index >= 15 is 0 Å². The number of amides is 1. The molecule has 0 aliphatic heterocycles. The standard InChI is InChI=1S/C7H4BrF2IN2O/c8-5-4(6(9)10)3(7(12)14)2(11)1-13-5/h1,6H,(H2,12,14). The van der Waals surface area contributed by atoms with Gasteiger partial charge < -0.3 is 5.73 Å². The summed E-state index contributed by atoms with van der Waals surface area (Å²) in [5, 5.41) is 0. The third-order valence-corrected chi connectivity index (χ3v) is 2.94. The third kappa shape index (κ3) is 2.19. The summed E-state index contributed by atoms with van der Waals surface area (Å²) in [6.07, 6.45) is -1.48. The number of nitrogens with zero attached hydrogens (tertiary/aromatic N) is 1. The predicted octanol–water partition coefficient (Wildman–Crippen LogP) is 2.49. The van der Waals surface area contributed by atoms with E-state index in [-0.39, 0.29) is 10.2 Å². The van der Waals surface area contributed by atoms with Crippen LogP contribution in [0.25, 0.3) is 0 Å². The molecule has 0 aliphatic rings. The van der Waals surface area contributed by atoms with Gasteiger partial charge in [-0.3, -0.25) is 4.79 Å². The van der Waals surface area contributed by atoms with E-state index in [0.29, 0.717) is 3.57 Å². The molecule has 0 aromatic carbocycles. The Morgan fingerprint density at radius 3 is 2.57 bits per heavy atom. The SMILES string of the molecule is NC(=O)c1c(I)cnc(Br)c1C(F)F. The Labute approximate surface area is 100 Å². The molecule has 14 heavy (non-hydrogen) atoms. The van der Waals surface area contributed by atoms with Crippen molar-refractivity contribution in [2.45, 2.75) is 6.43 Å².